The van der Waals surface area contributed by atoms with Gasteiger partial charge < -0.3 is 9.89 Å². The van der Waals surface area contributed by atoms with Crippen LogP contribution in [0.2, 0.25) is 0 Å². The molecule has 0 radical (unpaired) electrons. The van der Waals surface area contributed by atoms with Crippen molar-refractivity contribution in [1.82, 2.24) is 4.90 Å². The van der Waals surface area contributed by atoms with E-state index in [4.69, 9.17) is 10.4 Å². The summed E-state index contributed by atoms with van der Waals surface area (Å²) in [5, 5.41) is 1.18. The molecule has 0 fully saturated rings. The number of unbranched alkanes of at least 4 members (excludes halogenated alkanes) is 2. The van der Waals surface area contributed by atoms with Crippen molar-refractivity contribution in [3.63, 3.8) is 0 Å². The molecule has 22 heavy (non-hydrogen) atoms. The molecule has 0 saturated heterocycles. The molecule has 0 aliphatic carbocycles. The summed E-state index contributed by atoms with van der Waals surface area (Å²) in [7, 11) is 2.13. The Kier molecular flexibility index (Phi) is 8.54. The van der Waals surface area contributed by atoms with E-state index in [1.165, 1.54) is 30.7 Å². The molecule has 0 aromatic heterocycles. The summed E-state index contributed by atoms with van der Waals surface area (Å²) in [6.07, 6.45) is 8.16. The largest absolute Gasteiger partial charge is 0.422 e. The van der Waals surface area contributed by atoms with E-state index in [9.17, 15) is 0 Å². The predicted molar refractivity (Wildman–Crippen MR) is 96.1 cm³/mol. The van der Waals surface area contributed by atoms with Crippen LogP contribution in [0.3, 0.4) is 0 Å². The van der Waals surface area contributed by atoms with E-state index in [1.807, 2.05) is 0 Å². The van der Waals surface area contributed by atoms with Crippen LogP contribution in [0.5, 0.6) is 0 Å². The maximum absolute atomic E-state index is 4.94. The average Bonchev–Trinajstić information content (AvgIpc) is 2.58. The average molecular weight is 309 g/mol. The van der Waals surface area contributed by atoms with E-state index < -0.39 is 0 Å². The number of rotatable bonds is 9. The Morgan fingerprint density at radius 3 is 2.32 bits per heavy atom. The van der Waals surface area contributed by atoms with Gasteiger partial charge >= 0.3 is 0 Å². The molecule has 128 valence electrons. The third-order valence-electron chi connectivity index (χ3n) is 4.09. The van der Waals surface area contributed by atoms with Crippen LogP contribution < -0.4 is 5.01 Å². The molecule has 4 heteroatoms. The number of amidine groups is 1. The first-order chi connectivity index (χ1) is 10.5. The monoisotopic (exact) mass is 308 g/mol. The number of quaternary nitrogens is 1. The van der Waals surface area contributed by atoms with Gasteiger partial charge in [-0.3, -0.25) is 10.4 Å². The highest BCUT2D eigenvalue weighted by molar-refractivity contribution is 5.93. The lowest BCUT2D eigenvalue weighted by Crippen LogP contribution is -3.08. The molecule has 0 aromatic carbocycles. The number of hydrogen-bond donors (Lipinski definition) is 1. The van der Waals surface area contributed by atoms with Crippen LogP contribution in [0, 0.1) is 5.92 Å². The summed E-state index contributed by atoms with van der Waals surface area (Å²) in [6, 6.07) is 0.370. The van der Waals surface area contributed by atoms with Gasteiger partial charge in [-0.15, -0.1) is 0 Å². The minimum absolute atomic E-state index is 0.370. The quantitative estimate of drug-likeness (QED) is 0.696. The Morgan fingerprint density at radius 1 is 1.23 bits per heavy atom. The summed E-state index contributed by atoms with van der Waals surface area (Å²) >= 11 is 0. The fourth-order valence-corrected chi connectivity index (χ4v) is 2.52. The zero-order chi connectivity index (χ0) is 16.5. The molecule has 1 aliphatic rings. The number of likely N-dealkylation sites (N-methyl/N-ethyl adjacent to an activating group) is 1. The minimum Gasteiger partial charge on any atom is -0.422 e. The van der Waals surface area contributed by atoms with Crippen molar-refractivity contribution in [3.05, 3.63) is 17.3 Å². The van der Waals surface area contributed by atoms with E-state index in [1.54, 1.807) is 0 Å². The smallest absolute Gasteiger partial charge is 0.114 e. The molecule has 0 spiro atoms. The molecule has 1 rings (SSSR count). The molecular formula is C18H36N4. The maximum Gasteiger partial charge on any atom is 0.114 e. The Balaban J connectivity index is 2.96. The van der Waals surface area contributed by atoms with Gasteiger partial charge in [0.2, 0.25) is 0 Å². The van der Waals surface area contributed by atoms with Crippen LogP contribution in [0.15, 0.2) is 16.9 Å². The standard InChI is InChI=1S/C18H36N4/c1-7-9-11-22(12-10-8-2)18-14-16(5)21(6)20-17(19-18)13-15(3)4/h14-16,21H,7-13H2,1-6H3. The van der Waals surface area contributed by atoms with Crippen molar-refractivity contribution < 1.29 is 5.01 Å². The molecule has 2 unspecified atom stereocenters. The van der Waals surface area contributed by atoms with Gasteiger partial charge in [-0.05, 0) is 44.0 Å². The third-order valence-corrected chi connectivity index (χ3v) is 4.09. The van der Waals surface area contributed by atoms with Gasteiger partial charge in [-0.25, -0.2) is 0 Å². The highest BCUT2D eigenvalue weighted by atomic mass is 15.5. The molecular weight excluding hydrogens is 272 g/mol. The SMILES string of the molecule is CCCCN(CCCC)C1=CC(C)[NH+](C)[N-]C(CC(C)C)=N1. The molecule has 0 bridgehead atoms. The fraction of sp³-hybridized carbons (Fsp3) is 0.833. The molecule has 1 aliphatic heterocycles. The second-order valence-corrected chi connectivity index (χ2v) is 6.89. The van der Waals surface area contributed by atoms with E-state index in [0.29, 0.717) is 12.0 Å². The molecule has 2 atom stereocenters. The first kappa shape index (κ1) is 19.0. The lowest BCUT2D eigenvalue weighted by atomic mass is 10.1. The Morgan fingerprint density at radius 2 is 1.82 bits per heavy atom. The number of aliphatic imine (C=N–C) groups is 1. The van der Waals surface area contributed by atoms with Crippen LogP contribution in [0.4, 0.5) is 0 Å². The topological polar surface area (TPSA) is 34.1 Å². The summed E-state index contributed by atoms with van der Waals surface area (Å²) in [5.41, 5.74) is 4.78. The molecule has 0 aromatic rings. The molecule has 1 heterocycles. The van der Waals surface area contributed by atoms with E-state index in [0.717, 1.165) is 31.2 Å². The highest BCUT2D eigenvalue weighted by Crippen LogP contribution is 2.16. The fourth-order valence-electron chi connectivity index (χ4n) is 2.52. The Hall–Kier alpha value is -1.03. The lowest BCUT2D eigenvalue weighted by molar-refractivity contribution is -0.853. The van der Waals surface area contributed by atoms with Gasteiger partial charge in [-0.2, -0.15) is 0 Å². The summed E-state index contributed by atoms with van der Waals surface area (Å²) in [6.45, 7) is 13.4. The third kappa shape index (κ3) is 6.39. The summed E-state index contributed by atoms with van der Waals surface area (Å²) < 4.78 is 0. The first-order valence-corrected chi connectivity index (χ1v) is 9.07. The van der Waals surface area contributed by atoms with Crippen LogP contribution in [0.1, 0.15) is 66.7 Å². The van der Waals surface area contributed by atoms with Crippen LogP contribution in [-0.2, 0) is 0 Å². The van der Waals surface area contributed by atoms with Gasteiger partial charge in [0, 0.05) is 18.9 Å². The molecule has 4 nitrogen and oxygen atoms in total. The predicted octanol–water partition coefficient (Wildman–Crippen LogP) is 3.38. The molecule has 0 saturated carbocycles. The van der Waals surface area contributed by atoms with Crippen LogP contribution >= 0.6 is 0 Å². The Bertz CT molecular complexity index is 365. The second kappa shape index (κ2) is 9.88. The van der Waals surface area contributed by atoms with Crippen LogP contribution in [-0.4, -0.2) is 36.9 Å². The normalized spacial score (nSPS) is 22.0. The van der Waals surface area contributed by atoms with Gasteiger partial charge in [0.05, 0.1) is 7.05 Å². The maximum atomic E-state index is 4.94. The summed E-state index contributed by atoms with van der Waals surface area (Å²) in [5.74, 6) is 2.73. The zero-order valence-electron chi connectivity index (χ0n) is 15.5. The van der Waals surface area contributed by atoms with Gasteiger partial charge in [0.25, 0.3) is 0 Å². The second-order valence-electron chi connectivity index (χ2n) is 6.89. The van der Waals surface area contributed by atoms with E-state index in [-0.39, 0.29) is 0 Å². The minimum atomic E-state index is 0.370. The highest BCUT2D eigenvalue weighted by Gasteiger charge is 2.15. The van der Waals surface area contributed by atoms with Gasteiger partial charge in [-0.1, -0.05) is 40.5 Å². The molecule has 0 amide bonds. The van der Waals surface area contributed by atoms with Crippen molar-refractivity contribution in [2.75, 3.05) is 20.1 Å². The van der Waals surface area contributed by atoms with Crippen molar-refractivity contribution in [3.8, 4) is 0 Å². The van der Waals surface area contributed by atoms with Crippen molar-refractivity contribution in [2.24, 2.45) is 10.9 Å². The zero-order valence-corrected chi connectivity index (χ0v) is 15.5. The summed E-state index contributed by atoms with van der Waals surface area (Å²) in [4.78, 5) is 7.41. The van der Waals surface area contributed by atoms with Gasteiger partial charge in [0.1, 0.15) is 6.04 Å². The number of nitrogens with one attached hydrogen (secondary N) is 1. The van der Waals surface area contributed by atoms with E-state index in [2.05, 4.69) is 52.6 Å². The number of nitrogens with zero attached hydrogens (tertiary/aromatic N) is 3. The lowest BCUT2D eigenvalue weighted by Gasteiger charge is -2.29. The van der Waals surface area contributed by atoms with E-state index >= 15 is 0 Å². The van der Waals surface area contributed by atoms with Crippen molar-refractivity contribution in [1.29, 1.82) is 0 Å². The van der Waals surface area contributed by atoms with Crippen LogP contribution in [0.25, 0.3) is 5.43 Å². The van der Waals surface area contributed by atoms with Gasteiger partial charge in [0.15, 0.2) is 0 Å². The van der Waals surface area contributed by atoms with Crippen molar-refractivity contribution in [2.45, 2.75) is 72.8 Å². The Labute approximate surface area is 137 Å². The first-order valence-electron chi connectivity index (χ1n) is 9.07. The molecule has 1 N–H and O–H groups in total. The number of hydrogen-bond acceptors (Lipinski definition) is 2. The van der Waals surface area contributed by atoms with Crippen molar-refractivity contribution >= 4 is 5.84 Å².